The molecule has 0 saturated carbocycles. The molecular formula is C28H32N4O5S2. The summed E-state index contributed by atoms with van der Waals surface area (Å²) in [7, 11) is -0.764. The lowest BCUT2D eigenvalue weighted by Gasteiger charge is -2.22. The summed E-state index contributed by atoms with van der Waals surface area (Å²) in [6.07, 6.45) is 3.40. The number of amides is 1. The molecule has 0 aliphatic heterocycles. The van der Waals surface area contributed by atoms with Crippen molar-refractivity contribution < 1.29 is 22.7 Å². The molecule has 0 saturated heterocycles. The zero-order chi connectivity index (χ0) is 28.0. The monoisotopic (exact) mass is 568 g/mol. The minimum absolute atomic E-state index is 0.0937. The Labute approximate surface area is 233 Å². The number of nitrogens with zero attached hydrogens (tertiary/aromatic N) is 4. The predicted octanol–water partition coefficient (Wildman–Crippen LogP) is 4.44. The van der Waals surface area contributed by atoms with Gasteiger partial charge in [-0.25, -0.2) is 13.4 Å². The molecule has 9 nitrogen and oxygen atoms in total. The second-order valence-corrected chi connectivity index (χ2v) is 12.0. The first kappa shape index (κ1) is 28.8. The van der Waals surface area contributed by atoms with Gasteiger partial charge in [-0.1, -0.05) is 23.5 Å². The third-order valence-corrected chi connectivity index (χ3v) is 9.12. The zero-order valence-electron chi connectivity index (χ0n) is 22.5. The van der Waals surface area contributed by atoms with Crippen LogP contribution in [0.5, 0.6) is 0 Å². The number of pyridine rings is 1. The Morgan fingerprint density at radius 3 is 2.31 bits per heavy atom. The molecule has 0 aliphatic rings. The summed E-state index contributed by atoms with van der Waals surface area (Å²) in [5, 5.41) is 0.564. The highest BCUT2D eigenvalue weighted by molar-refractivity contribution is 7.89. The van der Waals surface area contributed by atoms with Gasteiger partial charge in [-0.2, -0.15) is 4.31 Å². The minimum Gasteiger partial charge on any atom is -0.383 e. The number of carbonyl (C=O) groups excluding carboxylic acids is 1. The van der Waals surface area contributed by atoms with Crippen molar-refractivity contribution >= 4 is 42.6 Å². The van der Waals surface area contributed by atoms with Crippen molar-refractivity contribution in [2.45, 2.75) is 25.3 Å². The summed E-state index contributed by atoms with van der Waals surface area (Å²) >= 11 is 1.45. The number of aromatic nitrogens is 2. The summed E-state index contributed by atoms with van der Waals surface area (Å²) in [4.78, 5) is 24.5. The normalized spacial score (nSPS) is 11.8. The van der Waals surface area contributed by atoms with Crippen molar-refractivity contribution in [3.63, 3.8) is 0 Å². The molecule has 4 rings (SSSR count). The van der Waals surface area contributed by atoms with E-state index in [1.165, 1.54) is 42.0 Å². The molecule has 4 aromatic rings. The Kier molecular flexibility index (Phi) is 9.41. The van der Waals surface area contributed by atoms with Crippen molar-refractivity contribution in [2.24, 2.45) is 0 Å². The first-order valence-corrected chi connectivity index (χ1v) is 14.7. The lowest BCUT2D eigenvalue weighted by atomic mass is 10.1. The van der Waals surface area contributed by atoms with Gasteiger partial charge in [-0.3, -0.25) is 14.7 Å². The molecule has 1 amide bonds. The highest BCUT2D eigenvalue weighted by atomic mass is 32.2. The summed E-state index contributed by atoms with van der Waals surface area (Å²) < 4.78 is 39.0. The van der Waals surface area contributed by atoms with Crippen LogP contribution in [0.1, 0.15) is 27.0 Å². The number of anilines is 1. The van der Waals surface area contributed by atoms with Gasteiger partial charge in [0.2, 0.25) is 10.0 Å². The predicted molar refractivity (Wildman–Crippen MR) is 153 cm³/mol. The molecule has 0 bridgehead atoms. The molecule has 11 heteroatoms. The molecule has 2 aromatic heterocycles. The number of rotatable bonds is 12. The quantitative estimate of drug-likeness (QED) is 0.249. The van der Waals surface area contributed by atoms with Gasteiger partial charge in [0, 0.05) is 45.3 Å². The summed E-state index contributed by atoms with van der Waals surface area (Å²) in [5.74, 6) is -0.285. The van der Waals surface area contributed by atoms with Crippen LogP contribution < -0.4 is 4.90 Å². The number of methoxy groups -OCH3 is 2. The lowest BCUT2D eigenvalue weighted by Crippen LogP contribution is -2.36. The standard InChI is InChI=1S/C28H32N4O5S2/c1-20-16-21(2)26-25(17-20)38-28(30-26)32(19-22-6-5-11-29-18-22)27(33)23-7-9-24(10-8-23)39(34,35)31(12-14-36-3)13-15-37-4/h5-11,16-18H,12-15,19H2,1-4H3. The molecule has 0 N–H and O–H groups in total. The number of hydrogen-bond acceptors (Lipinski definition) is 8. The number of thiazole rings is 1. The van der Waals surface area contributed by atoms with Crippen LogP contribution in [0, 0.1) is 13.8 Å². The van der Waals surface area contributed by atoms with Crippen molar-refractivity contribution in [1.29, 1.82) is 0 Å². The molecule has 0 radical (unpaired) electrons. The molecule has 0 unspecified atom stereocenters. The third-order valence-electron chi connectivity index (χ3n) is 6.19. The van der Waals surface area contributed by atoms with Gasteiger partial charge in [-0.05, 0) is 66.9 Å². The number of carbonyl (C=O) groups is 1. The minimum atomic E-state index is -3.81. The summed E-state index contributed by atoms with van der Waals surface area (Å²) in [6, 6.07) is 13.9. The molecule has 0 spiro atoms. The lowest BCUT2D eigenvalue weighted by molar-refractivity contribution is 0.0985. The molecule has 206 valence electrons. The Morgan fingerprint density at radius 1 is 1.00 bits per heavy atom. The maximum atomic E-state index is 13.8. The number of sulfonamides is 1. The summed E-state index contributed by atoms with van der Waals surface area (Å²) in [6.45, 7) is 5.20. The molecule has 39 heavy (non-hydrogen) atoms. The van der Waals surface area contributed by atoms with Crippen LogP contribution in [0.2, 0.25) is 0 Å². The number of hydrogen-bond donors (Lipinski definition) is 0. The van der Waals surface area contributed by atoms with Crippen molar-refractivity contribution in [3.8, 4) is 0 Å². The van der Waals surface area contributed by atoms with Gasteiger partial charge >= 0.3 is 0 Å². The first-order valence-electron chi connectivity index (χ1n) is 12.4. The smallest absolute Gasteiger partial charge is 0.260 e. The van der Waals surface area contributed by atoms with Crippen molar-refractivity contribution in [2.75, 3.05) is 45.4 Å². The number of fused-ring (bicyclic) bond motifs is 1. The maximum Gasteiger partial charge on any atom is 0.260 e. The molecular weight excluding hydrogens is 536 g/mol. The number of ether oxygens (including phenoxy) is 2. The van der Waals surface area contributed by atoms with E-state index in [1.807, 2.05) is 26.0 Å². The fourth-order valence-electron chi connectivity index (χ4n) is 4.19. The van der Waals surface area contributed by atoms with E-state index < -0.39 is 10.0 Å². The molecule has 2 aromatic carbocycles. The van der Waals surface area contributed by atoms with Crippen molar-refractivity contribution in [1.82, 2.24) is 14.3 Å². The molecule has 0 aliphatic carbocycles. The number of benzene rings is 2. The van der Waals surface area contributed by atoms with E-state index >= 15 is 0 Å². The second kappa shape index (κ2) is 12.8. The fourth-order valence-corrected chi connectivity index (χ4v) is 6.73. The van der Waals surface area contributed by atoms with E-state index in [4.69, 9.17) is 14.5 Å². The number of aryl methyl sites for hydroxylation is 2. The highest BCUT2D eigenvalue weighted by Gasteiger charge is 2.26. The van der Waals surface area contributed by atoms with Crippen LogP contribution >= 0.6 is 11.3 Å². The van der Waals surface area contributed by atoms with E-state index in [0.717, 1.165) is 26.9 Å². The highest BCUT2D eigenvalue weighted by Crippen LogP contribution is 2.33. The molecule has 0 atom stereocenters. The first-order chi connectivity index (χ1) is 18.7. The van der Waals surface area contributed by atoms with E-state index in [-0.39, 0.29) is 43.7 Å². The van der Waals surface area contributed by atoms with E-state index in [1.54, 1.807) is 29.4 Å². The molecule has 0 fully saturated rings. The SMILES string of the molecule is COCCN(CCOC)S(=O)(=O)c1ccc(C(=O)N(Cc2cccnc2)c2nc3c(C)cc(C)cc3s2)cc1. The van der Waals surface area contributed by atoms with Gasteiger partial charge in [0.1, 0.15) is 0 Å². The zero-order valence-corrected chi connectivity index (χ0v) is 24.1. The molecule has 2 heterocycles. The Morgan fingerprint density at radius 2 is 1.69 bits per heavy atom. The van der Waals surface area contributed by atoms with Crippen LogP contribution in [-0.2, 0) is 26.0 Å². The van der Waals surface area contributed by atoms with Crippen LogP contribution in [0.4, 0.5) is 5.13 Å². The maximum absolute atomic E-state index is 13.8. The largest absolute Gasteiger partial charge is 0.383 e. The average molecular weight is 569 g/mol. The average Bonchev–Trinajstić information content (AvgIpc) is 3.36. The van der Waals surface area contributed by atoms with Crippen molar-refractivity contribution in [3.05, 3.63) is 83.2 Å². The summed E-state index contributed by atoms with van der Waals surface area (Å²) in [5.41, 5.74) is 4.23. The van der Waals surface area contributed by atoms with Crippen LogP contribution in [0.3, 0.4) is 0 Å². The van der Waals surface area contributed by atoms with E-state index in [9.17, 15) is 13.2 Å². The van der Waals surface area contributed by atoms with Crippen LogP contribution in [-0.4, -0.2) is 69.1 Å². The van der Waals surface area contributed by atoms with Crippen LogP contribution in [0.25, 0.3) is 10.2 Å². The Hall–Kier alpha value is -3.22. The topological polar surface area (TPSA) is 102 Å². The third kappa shape index (κ3) is 6.68. The Bertz CT molecular complexity index is 1520. The van der Waals surface area contributed by atoms with Gasteiger partial charge < -0.3 is 9.47 Å². The van der Waals surface area contributed by atoms with E-state index in [2.05, 4.69) is 17.1 Å². The van der Waals surface area contributed by atoms with Gasteiger partial charge in [-0.15, -0.1) is 0 Å². The van der Waals surface area contributed by atoms with Gasteiger partial charge in [0.15, 0.2) is 5.13 Å². The van der Waals surface area contributed by atoms with Gasteiger partial charge in [0.25, 0.3) is 5.91 Å². The van der Waals surface area contributed by atoms with E-state index in [0.29, 0.717) is 10.7 Å². The van der Waals surface area contributed by atoms with Gasteiger partial charge in [0.05, 0.1) is 34.9 Å². The van der Waals surface area contributed by atoms with Crippen LogP contribution in [0.15, 0.2) is 65.8 Å². The Balaban J connectivity index is 1.67. The second-order valence-electron chi connectivity index (χ2n) is 9.09. The fraction of sp³-hybridized carbons (Fsp3) is 0.321.